The number of benzene rings is 3. The number of fused-ring (bicyclic) bond motifs is 1. The van der Waals surface area contributed by atoms with Crippen LogP contribution in [0.3, 0.4) is 0 Å². The number of nitrogens with two attached hydrogens (primary N) is 1. The number of hydrogen-bond donors (Lipinski definition) is 2. The number of halogens is 3. The summed E-state index contributed by atoms with van der Waals surface area (Å²) in [5, 5.41) is 2.94. The van der Waals surface area contributed by atoms with Crippen molar-refractivity contribution in [3.63, 3.8) is 0 Å². The normalized spacial score (nSPS) is 15.6. The van der Waals surface area contributed by atoms with Crippen molar-refractivity contribution in [2.24, 2.45) is 16.6 Å². The lowest BCUT2D eigenvalue weighted by Gasteiger charge is -2.24. The molecule has 3 N–H and O–H groups in total. The van der Waals surface area contributed by atoms with Crippen LogP contribution in [0.1, 0.15) is 23.6 Å². The van der Waals surface area contributed by atoms with E-state index in [0.717, 1.165) is 12.1 Å². The maximum absolute atomic E-state index is 13.7. The van der Waals surface area contributed by atoms with E-state index >= 15 is 0 Å². The topological polar surface area (TPSA) is 114 Å². The number of carbonyl (C=O) groups excluding carboxylic acids is 3. The minimum absolute atomic E-state index is 0.0832. The Hall–Kier alpha value is -4.31. The van der Waals surface area contributed by atoms with Crippen molar-refractivity contribution in [2.75, 3.05) is 18.6 Å². The highest BCUT2D eigenvalue weighted by atomic mass is 35.5. The van der Waals surface area contributed by atoms with E-state index in [1.807, 2.05) is 0 Å². The van der Waals surface area contributed by atoms with Crippen molar-refractivity contribution in [1.82, 2.24) is 5.32 Å². The fourth-order valence-electron chi connectivity index (χ4n) is 4.28. The Kier molecular flexibility index (Phi) is 8.25. The highest BCUT2D eigenvalue weighted by molar-refractivity contribution is 6.33. The van der Waals surface area contributed by atoms with Crippen LogP contribution >= 0.6 is 11.6 Å². The average molecular weight is 555 g/mol. The predicted molar refractivity (Wildman–Crippen MR) is 143 cm³/mol. The van der Waals surface area contributed by atoms with Gasteiger partial charge in [-0.2, -0.15) is 0 Å². The van der Waals surface area contributed by atoms with Crippen LogP contribution in [-0.4, -0.2) is 43.3 Å². The second-order valence-electron chi connectivity index (χ2n) is 9.00. The highest BCUT2D eigenvalue weighted by Gasteiger charge is 2.34. The van der Waals surface area contributed by atoms with Crippen LogP contribution < -0.4 is 20.7 Å². The Balaban J connectivity index is 1.73. The van der Waals surface area contributed by atoms with Gasteiger partial charge in [-0.05, 0) is 48.4 Å². The van der Waals surface area contributed by atoms with Crippen LogP contribution in [0, 0.1) is 17.6 Å². The van der Waals surface area contributed by atoms with E-state index < -0.39 is 48.0 Å². The first-order valence-corrected chi connectivity index (χ1v) is 12.3. The summed E-state index contributed by atoms with van der Waals surface area (Å²) in [7, 11) is 1.48. The van der Waals surface area contributed by atoms with Gasteiger partial charge in [-0.25, -0.2) is 13.8 Å². The smallest absolute Gasteiger partial charge is 0.272 e. The summed E-state index contributed by atoms with van der Waals surface area (Å²) in [6.07, 6.45) is -1.34. The minimum Gasteiger partial charge on any atom is -0.495 e. The van der Waals surface area contributed by atoms with Gasteiger partial charge in [-0.15, -0.1) is 0 Å². The van der Waals surface area contributed by atoms with Crippen LogP contribution in [0.5, 0.6) is 5.75 Å². The number of methoxy groups -OCH3 is 1. The summed E-state index contributed by atoms with van der Waals surface area (Å²) in [5.41, 5.74) is 7.62. The molecule has 2 atom stereocenters. The van der Waals surface area contributed by atoms with E-state index in [4.69, 9.17) is 22.1 Å². The molecule has 39 heavy (non-hydrogen) atoms. The number of primary amides is 1. The van der Waals surface area contributed by atoms with Gasteiger partial charge in [0.2, 0.25) is 18.0 Å². The molecule has 0 fully saturated rings. The first-order valence-electron chi connectivity index (χ1n) is 11.9. The Morgan fingerprint density at radius 3 is 2.54 bits per heavy atom. The van der Waals surface area contributed by atoms with Crippen molar-refractivity contribution >= 4 is 40.7 Å². The van der Waals surface area contributed by atoms with E-state index in [1.165, 1.54) is 18.1 Å². The van der Waals surface area contributed by atoms with Gasteiger partial charge in [0.25, 0.3) is 5.91 Å². The van der Waals surface area contributed by atoms with Gasteiger partial charge in [0.15, 0.2) is 11.6 Å². The fraction of sp³-hybridized carbons (Fsp3) is 0.214. The molecule has 0 radical (unpaired) electrons. The molecule has 8 nitrogen and oxygen atoms in total. The molecule has 3 amide bonds. The number of para-hydroxylation sites is 1. The molecule has 4 rings (SSSR count). The zero-order valence-corrected chi connectivity index (χ0v) is 21.8. The minimum atomic E-state index is -1.42. The average Bonchev–Trinajstić information content (AvgIpc) is 3.01. The number of nitrogens with zero attached hydrogens (tertiary/aromatic N) is 2. The molecule has 11 heteroatoms. The van der Waals surface area contributed by atoms with Crippen molar-refractivity contribution in [3.8, 4) is 5.75 Å². The maximum atomic E-state index is 13.7. The van der Waals surface area contributed by atoms with Gasteiger partial charge >= 0.3 is 0 Å². The molecule has 0 aromatic heterocycles. The zero-order valence-electron chi connectivity index (χ0n) is 21.1. The highest BCUT2D eigenvalue weighted by Crippen LogP contribution is 2.31. The van der Waals surface area contributed by atoms with Gasteiger partial charge in [0.05, 0.1) is 23.5 Å². The summed E-state index contributed by atoms with van der Waals surface area (Å²) >= 11 is 6.36. The molecule has 0 saturated carbocycles. The van der Waals surface area contributed by atoms with Crippen molar-refractivity contribution < 1.29 is 27.9 Å². The summed E-state index contributed by atoms with van der Waals surface area (Å²) in [6, 6.07) is 15.2. The van der Waals surface area contributed by atoms with Gasteiger partial charge in [-0.3, -0.25) is 19.3 Å². The second kappa shape index (κ2) is 11.6. The molecule has 1 unspecified atom stereocenters. The van der Waals surface area contributed by atoms with Gasteiger partial charge < -0.3 is 15.8 Å². The van der Waals surface area contributed by atoms with Crippen LogP contribution in [0.25, 0.3) is 0 Å². The monoisotopic (exact) mass is 554 g/mol. The van der Waals surface area contributed by atoms with E-state index in [0.29, 0.717) is 38.9 Å². The second-order valence-corrected chi connectivity index (χ2v) is 9.41. The van der Waals surface area contributed by atoms with Crippen molar-refractivity contribution in [1.29, 1.82) is 0 Å². The van der Waals surface area contributed by atoms with Gasteiger partial charge in [-0.1, -0.05) is 42.8 Å². The quantitative estimate of drug-likeness (QED) is 0.443. The third kappa shape index (κ3) is 6.06. The molecule has 0 bridgehead atoms. The number of hydrogen-bond acceptors (Lipinski definition) is 5. The molecule has 0 saturated heterocycles. The van der Waals surface area contributed by atoms with E-state index in [1.54, 1.807) is 49.4 Å². The SMILES string of the molecule is COc1ccc(C2=NC(NC(=O)[C@@H](C)Cc3ccc(F)c(F)c3)C(=O)N(CC(N)=O)c3ccccc32)cc1Cl. The Morgan fingerprint density at radius 2 is 1.87 bits per heavy atom. The number of ether oxygens (including phenoxy) is 1. The standard InChI is InChI=1S/C28H25ClF2N4O4/c1-15(11-16-7-9-20(30)21(31)12-16)27(37)34-26-28(38)35(14-24(32)36)22-6-4-3-5-18(22)25(33-26)17-8-10-23(39-2)19(29)13-17/h3-10,12-13,15,26H,11,14H2,1-2H3,(H2,32,36)(H,34,37)/t15-,26?/m0/s1. The number of anilines is 1. The summed E-state index contributed by atoms with van der Waals surface area (Å²) in [4.78, 5) is 44.5. The van der Waals surface area contributed by atoms with E-state index in [9.17, 15) is 23.2 Å². The lowest BCUT2D eigenvalue weighted by atomic mass is 10.00. The zero-order chi connectivity index (χ0) is 28.3. The maximum Gasteiger partial charge on any atom is 0.272 e. The summed E-state index contributed by atoms with van der Waals surface area (Å²) < 4.78 is 32.2. The third-order valence-corrected chi connectivity index (χ3v) is 6.50. The molecular formula is C28H25ClF2N4O4. The lowest BCUT2D eigenvalue weighted by Crippen LogP contribution is -2.50. The summed E-state index contributed by atoms with van der Waals surface area (Å²) in [5.74, 6) is -4.30. The molecule has 1 aliphatic rings. The molecule has 1 aliphatic heterocycles. The number of amides is 3. The Bertz CT molecular complexity index is 1480. The van der Waals surface area contributed by atoms with Crippen molar-refractivity contribution in [3.05, 3.63) is 94.0 Å². The number of nitrogens with one attached hydrogen (secondary N) is 1. The fourth-order valence-corrected chi connectivity index (χ4v) is 4.53. The first kappa shape index (κ1) is 27.7. The van der Waals surface area contributed by atoms with Crippen LogP contribution in [0.2, 0.25) is 5.02 Å². The number of rotatable bonds is 8. The molecular weight excluding hydrogens is 530 g/mol. The number of carbonyl (C=O) groups is 3. The van der Waals surface area contributed by atoms with Crippen LogP contribution in [0.15, 0.2) is 65.7 Å². The number of benzodiazepines with no additional fused rings is 1. The molecule has 3 aromatic rings. The van der Waals surface area contributed by atoms with Gasteiger partial charge in [0, 0.05) is 17.0 Å². The molecule has 0 spiro atoms. The van der Waals surface area contributed by atoms with Crippen molar-refractivity contribution in [2.45, 2.75) is 19.5 Å². The lowest BCUT2D eigenvalue weighted by molar-refractivity contribution is -0.129. The first-order chi connectivity index (χ1) is 18.6. The molecule has 3 aromatic carbocycles. The van der Waals surface area contributed by atoms with Gasteiger partial charge in [0.1, 0.15) is 12.3 Å². The van der Waals surface area contributed by atoms with Crippen LogP contribution in [-0.2, 0) is 20.8 Å². The molecule has 0 aliphatic carbocycles. The largest absolute Gasteiger partial charge is 0.495 e. The number of aliphatic imine (C=N–C) groups is 1. The Labute approximate surface area is 228 Å². The van der Waals surface area contributed by atoms with Crippen LogP contribution in [0.4, 0.5) is 14.5 Å². The summed E-state index contributed by atoms with van der Waals surface area (Å²) in [6.45, 7) is 1.14. The molecule has 202 valence electrons. The predicted octanol–water partition coefficient (Wildman–Crippen LogP) is 3.62. The van der Waals surface area contributed by atoms with E-state index in [-0.39, 0.29) is 6.42 Å². The Morgan fingerprint density at radius 1 is 1.13 bits per heavy atom. The molecule has 1 heterocycles. The third-order valence-electron chi connectivity index (χ3n) is 6.20. The van der Waals surface area contributed by atoms with E-state index in [2.05, 4.69) is 10.3 Å².